The Balaban J connectivity index is 0.000000148. The lowest BCUT2D eigenvalue weighted by Crippen LogP contribution is -1.90. The van der Waals surface area contributed by atoms with Crippen LogP contribution in [0, 0.1) is 22.5 Å². The van der Waals surface area contributed by atoms with Gasteiger partial charge >= 0.3 is 0 Å². The van der Waals surface area contributed by atoms with Crippen molar-refractivity contribution in [1.29, 1.82) is 5.26 Å². The minimum absolute atomic E-state index is 1.17. The van der Waals surface area contributed by atoms with E-state index in [1.54, 1.807) is 32.1 Å². The van der Waals surface area contributed by atoms with Gasteiger partial charge in [-0.1, -0.05) is 38.3 Å². The molecule has 0 aromatic rings. The zero-order chi connectivity index (χ0) is 7.40. The molecule has 10 heavy (non-hydrogen) atoms. The van der Waals surface area contributed by atoms with Crippen LogP contribution in [-0.4, -0.2) is 0 Å². The van der Waals surface area contributed by atoms with E-state index < -0.39 is 0 Å². The first-order valence-corrected chi connectivity index (χ1v) is 4.34. The molecule has 0 radical (unpaired) electrons. The number of rotatable bonds is 0. The second kappa shape index (κ2) is 3.88. The van der Waals surface area contributed by atoms with E-state index in [0.29, 0.717) is 0 Å². The van der Waals surface area contributed by atoms with Crippen molar-refractivity contribution in [2.24, 2.45) is 11.8 Å². The molecule has 2 saturated carbocycles. The Hall–Kier alpha value is -0.160. The highest BCUT2D eigenvalue weighted by molar-refractivity contribution is 7.85. The number of nitriles is 1. The van der Waals surface area contributed by atoms with E-state index in [4.69, 9.17) is 5.26 Å². The highest BCUT2D eigenvalue weighted by Crippen LogP contribution is 2.43. The van der Waals surface area contributed by atoms with Crippen molar-refractivity contribution in [2.45, 2.75) is 32.1 Å². The zero-order valence-electron chi connectivity index (χ0n) is 6.08. The van der Waals surface area contributed by atoms with Crippen molar-refractivity contribution in [3.63, 3.8) is 0 Å². The number of hydrogen-bond acceptors (Lipinski definition) is 2. The van der Waals surface area contributed by atoms with Crippen molar-refractivity contribution in [1.82, 2.24) is 0 Å². The van der Waals surface area contributed by atoms with Gasteiger partial charge in [-0.25, -0.2) is 0 Å². The highest BCUT2D eigenvalue weighted by atomic mass is 32.1. The molecule has 0 unspecified atom stereocenters. The minimum Gasteiger partial charge on any atom is -0.185 e. The van der Waals surface area contributed by atoms with Crippen molar-refractivity contribution in [3.05, 3.63) is 0 Å². The summed E-state index contributed by atoms with van der Waals surface area (Å²) >= 11 is 3.09. The molecule has 2 aliphatic carbocycles. The molecule has 56 valence electrons. The van der Waals surface area contributed by atoms with Crippen LogP contribution in [0.1, 0.15) is 32.1 Å². The predicted molar refractivity (Wildman–Crippen MR) is 44.7 cm³/mol. The topological polar surface area (TPSA) is 23.8 Å². The Morgan fingerprint density at radius 3 is 1.50 bits per heavy atom. The van der Waals surface area contributed by atoms with E-state index in [1.807, 2.05) is 0 Å². The third-order valence-corrected chi connectivity index (χ3v) is 2.63. The first-order valence-electron chi connectivity index (χ1n) is 3.90. The van der Waals surface area contributed by atoms with Crippen LogP contribution in [0.3, 0.4) is 0 Å². The van der Waals surface area contributed by atoms with E-state index in [0.717, 1.165) is 0 Å². The number of nitrogens with zero attached hydrogens (tertiary/aromatic N) is 1. The van der Waals surface area contributed by atoms with E-state index in [-0.39, 0.29) is 0 Å². The second-order valence-corrected chi connectivity index (χ2v) is 3.42. The number of hydrogen-bond donors (Lipinski definition) is 1. The Morgan fingerprint density at radius 2 is 1.40 bits per heavy atom. The fraction of sp³-hybridized carbons (Fsp3) is 0.875. The van der Waals surface area contributed by atoms with Crippen molar-refractivity contribution in [3.8, 4) is 5.40 Å². The van der Waals surface area contributed by atoms with Crippen LogP contribution in [0.5, 0.6) is 0 Å². The third kappa shape index (κ3) is 1.91. The number of thiol groups is 1. The maximum absolute atomic E-state index is 7.18. The number of thiocyanates is 1. The monoisotopic (exact) mass is 155 g/mol. The highest BCUT2D eigenvalue weighted by Gasteiger charge is 2.30. The van der Waals surface area contributed by atoms with Crippen LogP contribution in [0.15, 0.2) is 0 Å². The summed E-state index contributed by atoms with van der Waals surface area (Å²) in [5.41, 5.74) is 0. The summed E-state index contributed by atoms with van der Waals surface area (Å²) < 4.78 is 0. The molecule has 0 spiro atoms. The Kier molecular flexibility index (Phi) is 3.08. The molecular formula is C8H13NS. The third-order valence-electron chi connectivity index (χ3n) is 2.63. The van der Waals surface area contributed by atoms with E-state index in [1.165, 1.54) is 17.2 Å². The van der Waals surface area contributed by atoms with E-state index in [9.17, 15) is 0 Å². The molecule has 2 rings (SSSR count). The standard InChI is InChI=1S/C7H12.CHNS/c1-2-7-4-3-6(1)5-7;2-1-3/h6-7H,1-5H2;3H. The quantitative estimate of drug-likeness (QED) is 0.422. The molecule has 2 heteroatoms. The summed E-state index contributed by atoms with van der Waals surface area (Å²) in [6.07, 6.45) is 7.82. The van der Waals surface area contributed by atoms with Gasteiger partial charge in [-0.3, -0.25) is 0 Å². The SMILES string of the molecule is C1CC2CCC1C2.N#CS. The molecule has 2 aliphatic rings. The summed E-state index contributed by atoms with van der Waals surface area (Å²) in [4.78, 5) is 0. The molecule has 2 bridgehead atoms. The smallest absolute Gasteiger partial charge is 0.130 e. The van der Waals surface area contributed by atoms with Crippen LogP contribution < -0.4 is 0 Å². The van der Waals surface area contributed by atoms with Gasteiger partial charge in [0, 0.05) is 0 Å². The molecule has 0 aromatic carbocycles. The van der Waals surface area contributed by atoms with Gasteiger partial charge in [-0.05, 0) is 18.3 Å². The normalized spacial score (nSPS) is 34.4. The lowest BCUT2D eigenvalue weighted by Gasteiger charge is -2.05. The second-order valence-electron chi connectivity index (χ2n) is 3.22. The molecule has 2 fully saturated rings. The lowest BCUT2D eigenvalue weighted by atomic mass is 10.0. The maximum atomic E-state index is 7.18. The summed E-state index contributed by atoms with van der Waals surface area (Å²) in [5.74, 6) is 2.34. The Labute approximate surface area is 67.8 Å². The lowest BCUT2D eigenvalue weighted by molar-refractivity contribution is 0.480. The molecule has 0 heterocycles. The van der Waals surface area contributed by atoms with E-state index >= 15 is 0 Å². The average Bonchev–Trinajstić information content (AvgIpc) is 2.49. The minimum atomic E-state index is 1.17. The van der Waals surface area contributed by atoms with Crippen LogP contribution in [0.4, 0.5) is 0 Å². The first-order chi connectivity index (χ1) is 4.86. The molecule has 0 saturated heterocycles. The Morgan fingerprint density at radius 1 is 1.10 bits per heavy atom. The maximum Gasteiger partial charge on any atom is 0.130 e. The average molecular weight is 155 g/mol. The molecule has 1 nitrogen and oxygen atoms in total. The molecular weight excluding hydrogens is 142 g/mol. The fourth-order valence-corrected chi connectivity index (χ4v) is 2.17. The largest absolute Gasteiger partial charge is 0.185 e. The van der Waals surface area contributed by atoms with Gasteiger partial charge in [-0.15, -0.1) is 0 Å². The molecule has 0 atom stereocenters. The van der Waals surface area contributed by atoms with Crippen molar-refractivity contribution in [2.75, 3.05) is 0 Å². The van der Waals surface area contributed by atoms with Gasteiger partial charge < -0.3 is 0 Å². The van der Waals surface area contributed by atoms with E-state index in [2.05, 4.69) is 12.6 Å². The van der Waals surface area contributed by atoms with Crippen molar-refractivity contribution >= 4 is 12.6 Å². The van der Waals surface area contributed by atoms with Crippen LogP contribution in [-0.2, 0) is 0 Å². The fourth-order valence-electron chi connectivity index (χ4n) is 2.17. The van der Waals surface area contributed by atoms with Gasteiger partial charge in [0.25, 0.3) is 0 Å². The molecule has 0 N–H and O–H groups in total. The number of fused-ring (bicyclic) bond motifs is 2. The molecule has 0 aliphatic heterocycles. The van der Waals surface area contributed by atoms with Gasteiger partial charge in [0.15, 0.2) is 0 Å². The first kappa shape index (κ1) is 7.94. The summed E-state index contributed by atoms with van der Waals surface area (Å²) in [7, 11) is 0. The van der Waals surface area contributed by atoms with Gasteiger partial charge in [0.05, 0.1) is 0 Å². The predicted octanol–water partition coefficient (Wildman–Crippen LogP) is 2.59. The van der Waals surface area contributed by atoms with Crippen LogP contribution >= 0.6 is 12.6 Å². The molecule has 0 aromatic heterocycles. The van der Waals surface area contributed by atoms with Crippen LogP contribution in [0.25, 0.3) is 0 Å². The van der Waals surface area contributed by atoms with Gasteiger partial charge in [-0.2, -0.15) is 5.26 Å². The Bertz CT molecular complexity index is 121. The summed E-state index contributed by atoms with van der Waals surface area (Å²) in [6, 6.07) is 0. The van der Waals surface area contributed by atoms with Gasteiger partial charge in [0.1, 0.15) is 5.40 Å². The molecule has 0 amide bonds. The summed E-state index contributed by atoms with van der Waals surface area (Å²) in [5, 5.41) is 8.63. The summed E-state index contributed by atoms with van der Waals surface area (Å²) in [6.45, 7) is 0. The van der Waals surface area contributed by atoms with Crippen molar-refractivity contribution < 1.29 is 0 Å². The van der Waals surface area contributed by atoms with Crippen LogP contribution in [0.2, 0.25) is 0 Å². The van der Waals surface area contributed by atoms with Gasteiger partial charge in [0.2, 0.25) is 0 Å². The zero-order valence-corrected chi connectivity index (χ0v) is 6.98.